The zero-order valence-corrected chi connectivity index (χ0v) is 13.4. The summed E-state index contributed by atoms with van der Waals surface area (Å²) in [7, 11) is 0. The summed E-state index contributed by atoms with van der Waals surface area (Å²) in [5.41, 5.74) is 3.53. The van der Waals surface area contributed by atoms with Crippen molar-refractivity contribution in [2.24, 2.45) is 0 Å². The Balaban J connectivity index is 1.76. The molecule has 2 aromatic heterocycles. The number of carbonyl (C=O) groups excluding carboxylic acids is 1. The molecule has 1 amide bonds. The van der Waals surface area contributed by atoms with Crippen LogP contribution in [0.1, 0.15) is 53.0 Å². The lowest BCUT2D eigenvalue weighted by atomic mass is 9.99. The molecular weight excluding hydrogens is 296 g/mol. The van der Waals surface area contributed by atoms with Crippen molar-refractivity contribution in [1.82, 2.24) is 20.5 Å². The minimum atomic E-state index is -0.248. The second kappa shape index (κ2) is 6.00. The van der Waals surface area contributed by atoms with Crippen LogP contribution in [-0.2, 0) is 17.7 Å². The Hall–Kier alpha value is -2.41. The fourth-order valence-electron chi connectivity index (χ4n) is 2.98. The van der Waals surface area contributed by atoms with Crippen LogP contribution in [0.5, 0.6) is 0 Å². The van der Waals surface area contributed by atoms with Gasteiger partial charge in [-0.3, -0.25) is 14.7 Å². The molecule has 1 aliphatic rings. The van der Waals surface area contributed by atoms with E-state index >= 15 is 0 Å². The summed E-state index contributed by atoms with van der Waals surface area (Å²) in [6.45, 7) is 6.01. The lowest BCUT2D eigenvalue weighted by molar-refractivity contribution is -0.00697. The number of aromatic amines is 2. The number of pyridine rings is 1. The Bertz CT molecular complexity index is 793. The minimum Gasteiger partial charge on any atom is -0.369 e. The first-order valence-electron chi connectivity index (χ1n) is 7.64. The van der Waals surface area contributed by atoms with Crippen LogP contribution in [0.15, 0.2) is 16.9 Å². The number of hydrogen-bond acceptors (Lipinski definition) is 4. The van der Waals surface area contributed by atoms with Crippen LogP contribution in [0.4, 0.5) is 0 Å². The molecule has 23 heavy (non-hydrogen) atoms. The number of ether oxygens (including phenoxy) is 1. The number of carbonyl (C=O) groups is 1. The van der Waals surface area contributed by atoms with Crippen LogP contribution in [0.25, 0.3) is 0 Å². The van der Waals surface area contributed by atoms with E-state index in [4.69, 9.17) is 4.74 Å². The molecule has 0 saturated heterocycles. The highest BCUT2D eigenvalue weighted by molar-refractivity contribution is 5.94. The van der Waals surface area contributed by atoms with E-state index in [1.807, 2.05) is 19.9 Å². The first kappa shape index (κ1) is 15.5. The van der Waals surface area contributed by atoms with Crippen molar-refractivity contribution in [3.63, 3.8) is 0 Å². The van der Waals surface area contributed by atoms with Gasteiger partial charge in [0.25, 0.3) is 5.91 Å². The Morgan fingerprint density at radius 2 is 2.22 bits per heavy atom. The molecule has 2 aromatic rings. The van der Waals surface area contributed by atoms with Crippen molar-refractivity contribution in [2.45, 2.75) is 45.9 Å². The summed E-state index contributed by atoms with van der Waals surface area (Å²) in [6.07, 6.45) is 0.610. The Kier molecular flexibility index (Phi) is 4.04. The van der Waals surface area contributed by atoms with Crippen LogP contribution in [0, 0.1) is 6.92 Å². The standard InChI is InChI=1S/C16H20N4O3/c1-8-4-11(6-13(21)18-8)7-17-16(22)15-12-5-9(2)23-10(3)14(12)19-20-15/h4,6,9-10H,5,7H2,1-3H3,(H,17,22)(H,18,21)(H,19,20)/t9-,10+/m1/s1. The fourth-order valence-corrected chi connectivity index (χ4v) is 2.98. The normalized spacial score (nSPS) is 20.1. The van der Waals surface area contributed by atoms with Crippen LogP contribution in [-0.4, -0.2) is 27.2 Å². The second-order valence-electron chi connectivity index (χ2n) is 5.98. The Morgan fingerprint density at radius 1 is 1.43 bits per heavy atom. The number of hydrogen-bond donors (Lipinski definition) is 3. The van der Waals surface area contributed by atoms with Gasteiger partial charge >= 0.3 is 0 Å². The van der Waals surface area contributed by atoms with Crippen molar-refractivity contribution in [2.75, 3.05) is 0 Å². The maximum atomic E-state index is 12.4. The maximum Gasteiger partial charge on any atom is 0.272 e. The molecule has 7 heteroatoms. The molecule has 0 unspecified atom stereocenters. The van der Waals surface area contributed by atoms with E-state index in [0.29, 0.717) is 12.1 Å². The smallest absolute Gasteiger partial charge is 0.272 e. The van der Waals surface area contributed by atoms with Crippen molar-refractivity contribution in [3.8, 4) is 0 Å². The number of amides is 1. The number of H-pyrrole nitrogens is 2. The maximum absolute atomic E-state index is 12.4. The lowest BCUT2D eigenvalue weighted by Gasteiger charge is -2.25. The van der Waals surface area contributed by atoms with Gasteiger partial charge in [-0.25, -0.2) is 0 Å². The Morgan fingerprint density at radius 3 is 2.96 bits per heavy atom. The molecule has 2 atom stereocenters. The van der Waals surface area contributed by atoms with Gasteiger partial charge in [0.2, 0.25) is 5.56 Å². The number of aryl methyl sites for hydroxylation is 1. The zero-order chi connectivity index (χ0) is 16.6. The lowest BCUT2D eigenvalue weighted by Crippen LogP contribution is -2.27. The quantitative estimate of drug-likeness (QED) is 0.796. The van der Waals surface area contributed by atoms with Crippen LogP contribution in [0.2, 0.25) is 0 Å². The van der Waals surface area contributed by atoms with Crippen molar-refractivity contribution in [3.05, 3.63) is 50.7 Å². The van der Waals surface area contributed by atoms with Crippen molar-refractivity contribution >= 4 is 5.91 Å². The van der Waals surface area contributed by atoms with E-state index in [9.17, 15) is 9.59 Å². The van der Waals surface area contributed by atoms with Gasteiger partial charge in [-0.15, -0.1) is 0 Å². The third-order valence-corrected chi connectivity index (χ3v) is 3.94. The first-order chi connectivity index (χ1) is 10.9. The molecular formula is C16H20N4O3. The monoisotopic (exact) mass is 316 g/mol. The minimum absolute atomic E-state index is 0.0528. The predicted octanol–water partition coefficient (Wildman–Crippen LogP) is 1.36. The molecule has 0 radical (unpaired) electrons. The molecule has 0 spiro atoms. The predicted molar refractivity (Wildman–Crippen MR) is 84.2 cm³/mol. The third-order valence-electron chi connectivity index (χ3n) is 3.94. The summed E-state index contributed by atoms with van der Waals surface area (Å²) in [4.78, 5) is 26.5. The van der Waals surface area contributed by atoms with Gasteiger partial charge in [0.15, 0.2) is 5.69 Å². The van der Waals surface area contributed by atoms with E-state index in [1.165, 1.54) is 6.07 Å². The van der Waals surface area contributed by atoms with Gasteiger partial charge in [-0.2, -0.15) is 5.10 Å². The zero-order valence-electron chi connectivity index (χ0n) is 13.4. The molecule has 0 aromatic carbocycles. The van der Waals surface area contributed by atoms with E-state index in [1.54, 1.807) is 6.92 Å². The first-order valence-corrected chi connectivity index (χ1v) is 7.64. The average molecular weight is 316 g/mol. The molecule has 3 heterocycles. The number of rotatable bonds is 3. The molecule has 0 fully saturated rings. The van der Waals surface area contributed by atoms with Crippen molar-refractivity contribution in [1.29, 1.82) is 0 Å². The van der Waals surface area contributed by atoms with E-state index in [-0.39, 0.29) is 30.2 Å². The molecule has 0 bridgehead atoms. The van der Waals surface area contributed by atoms with Gasteiger partial charge in [-0.1, -0.05) is 0 Å². The topological polar surface area (TPSA) is 99.9 Å². The summed E-state index contributed by atoms with van der Waals surface area (Å²) in [6, 6.07) is 3.31. The highest BCUT2D eigenvalue weighted by atomic mass is 16.5. The molecule has 122 valence electrons. The van der Waals surface area contributed by atoms with Gasteiger partial charge in [0, 0.05) is 30.3 Å². The third kappa shape index (κ3) is 3.19. The average Bonchev–Trinajstić information content (AvgIpc) is 2.88. The molecule has 7 nitrogen and oxygen atoms in total. The van der Waals surface area contributed by atoms with E-state index in [0.717, 1.165) is 22.5 Å². The summed E-state index contributed by atoms with van der Waals surface area (Å²) in [5.74, 6) is -0.248. The van der Waals surface area contributed by atoms with Crippen molar-refractivity contribution < 1.29 is 9.53 Å². The van der Waals surface area contributed by atoms with Crippen LogP contribution >= 0.6 is 0 Å². The molecule has 1 aliphatic heterocycles. The van der Waals surface area contributed by atoms with E-state index < -0.39 is 0 Å². The highest BCUT2D eigenvalue weighted by Crippen LogP contribution is 2.29. The molecule has 3 N–H and O–H groups in total. The Labute approximate surface area is 133 Å². The number of nitrogens with zero attached hydrogens (tertiary/aromatic N) is 1. The summed E-state index contributed by atoms with van der Waals surface area (Å²) in [5, 5.41) is 9.87. The number of nitrogens with one attached hydrogen (secondary N) is 3. The van der Waals surface area contributed by atoms with Crippen LogP contribution < -0.4 is 10.9 Å². The fraction of sp³-hybridized carbons (Fsp3) is 0.438. The molecule has 0 saturated carbocycles. The summed E-state index contributed by atoms with van der Waals surface area (Å²) < 4.78 is 5.72. The van der Waals surface area contributed by atoms with Gasteiger partial charge in [0.1, 0.15) is 0 Å². The summed E-state index contributed by atoms with van der Waals surface area (Å²) >= 11 is 0. The highest BCUT2D eigenvalue weighted by Gasteiger charge is 2.29. The second-order valence-corrected chi connectivity index (χ2v) is 5.98. The molecule has 0 aliphatic carbocycles. The number of fused-ring (bicyclic) bond motifs is 1. The van der Waals surface area contributed by atoms with E-state index in [2.05, 4.69) is 20.5 Å². The largest absolute Gasteiger partial charge is 0.369 e. The molecule has 3 rings (SSSR count). The van der Waals surface area contributed by atoms with Gasteiger partial charge in [-0.05, 0) is 32.4 Å². The SMILES string of the molecule is Cc1cc(CNC(=O)c2n[nH]c3c2C[C@@H](C)O[C@H]3C)cc(=O)[nH]1. The van der Waals surface area contributed by atoms with Crippen LogP contribution in [0.3, 0.4) is 0 Å². The number of aromatic nitrogens is 3. The van der Waals surface area contributed by atoms with Gasteiger partial charge < -0.3 is 15.0 Å². The van der Waals surface area contributed by atoms with Gasteiger partial charge in [0.05, 0.1) is 17.9 Å².